The van der Waals surface area contributed by atoms with E-state index in [0.717, 1.165) is 10.6 Å². The number of H-pyrrole nitrogens is 1. The average molecular weight is 285 g/mol. The van der Waals surface area contributed by atoms with Crippen LogP contribution in [0.3, 0.4) is 0 Å². The van der Waals surface area contributed by atoms with Gasteiger partial charge in [0.2, 0.25) is 0 Å². The fourth-order valence-corrected chi connectivity index (χ4v) is 1.79. The molecule has 0 saturated heterocycles. The Morgan fingerprint density at radius 3 is 2.63 bits per heavy atom. The van der Waals surface area contributed by atoms with Crippen molar-refractivity contribution in [2.24, 2.45) is 0 Å². The molecular weight excluding hydrogens is 275 g/mol. The Labute approximate surface area is 112 Å². The zero-order valence-electron chi connectivity index (χ0n) is 10.2. The molecule has 2 rings (SSSR count). The Morgan fingerprint density at radius 2 is 2.05 bits per heavy atom. The van der Waals surface area contributed by atoms with Crippen molar-refractivity contribution in [1.82, 2.24) is 9.55 Å². The maximum absolute atomic E-state index is 13.6. The lowest BCUT2D eigenvalue weighted by Crippen LogP contribution is -2.35. The molecule has 0 radical (unpaired) electrons. The zero-order valence-corrected chi connectivity index (χ0v) is 10.9. The highest BCUT2D eigenvalue weighted by molar-refractivity contribution is 6.30. The fourth-order valence-electron chi connectivity index (χ4n) is 1.63. The van der Waals surface area contributed by atoms with E-state index in [0.29, 0.717) is 0 Å². The summed E-state index contributed by atoms with van der Waals surface area (Å²) in [7, 11) is 1.32. The van der Waals surface area contributed by atoms with Gasteiger partial charge in [-0.05, 0) is 19.1 Å². The number of hydrogen-bond donors (Lipinski definition) is 1. The molecule has 5 nitrogen and oxygen atoms in total. The van der Waals surface area contributed by atoms with Crippen molar-refractivity contribution in [3.63, 3.8) is 0 Å². The topological polar surface area (TPSA) is 64.1 Å². The quantitative estimate of drug-likeness (QED) is 0.853. The maximum atomic E-state index is 13.6. The molecule has 7 heteroatoms. The summed E-state index contributed by atoms with van der Waals surface area (Å²) in [5, 5.41) is -0.0276. The fraction of sp³-hybridized carbons (Fsp3) is 0.167. The van der Waals surface area contributed by atoms with E-state index in [1.807, 2.05) is 0 Å². The third-order valence-electron chi connectivity index (χ3n) is 2.67. The van der Waals surface area contributed by atoms with Gasteiger partial charge >= 0.3 is 5.69 Å². The van der Waals surface area contributed by atoms with Crippen molar-refractivity contribution in [2.75, 3.05) is 7.11 Å². The van der Waals surface area contributed by atoms with Crippen molar-refractivity contribution in [1.29, 1.82) is 0 Å². The van der Waals surface area contributed by atoms with Crippen LogP contribution in [0.15, 0.2) is 27.8 Å². The molecule has 0 fully saturated rings. The summed E-state index contributed by atoms with van der Waals surface area (Å²) in [5.41, 5.74) is -1.05. The van der Waals surface area contributed by atoms with Crippen LogP contribution in [-0.4, -0.2) is 16.7 Å². The molecule has 19 heavy (non-hydrogen) atoms. The molecular formula is C12H10ClFN2O3. The highest BCUT2D eigenvalue weighted by Gasteiger charge is 2.12. The number of nitrogens with zero attached hydrogens (tertiary/aromatic N) is 1. The van der Waals surface area contributed by atoms with Gasteiger partial charge in [0.1, 0.15) is 5.15 Å². The van der Waals surface area contributed by atoms with E-state index >= 15 is 0 Å². The summed E-state index contributed by atoms with van der Waals surface area (Å²) in [5.74, 6) is -0.641. The molecule has 1 aromatic heterocycles. The molecule has 2 aromatic rings. The molecule has 0 aliphatic carbocycles. The summed E-state index contributed by atoms with van der Waals surface area (Å²) < 4.78 is 19.2. The van der Waals surface area contributed by atoms with Gasteiger partial charge in [0.25, 0.3) is 5.56 Å². The molecule has 0 aliphatic rings. The Kier molecular flexibility index (Phi) is 3.44. The lowest BCUT2D eigenvalue weighted by atomic mass is 10.2. The van der Waals surface area contributed by atoms with Crippen molar-refractivity contribution in [3.05, 3.63) is 55.6 Å². The van der Waals surface area contributed by atoms with Crippen LogP contribution in [0.2, 0.25) is 5.15 Å². The van der Waals surface area contributed by atoms with Crippen LogP contribution in [0, 0.1) is 12.7 Å². The van der Waals surface area contributed by atoms with E-state index in [4.69, 9.17) is 16.3 Å². The SMILES string of the molecule is COc1ccc(-n2c(=O)[nH]c(Cl)c(C)c2=O)cc1F. The van der Waals surface area contributed by atoms with E-state index < -0.39 is 17.1 Å². The van der Waals surface area contributed by atoms with E-state index in [9.17, 15) is 14.0 Å². The Balaban J connectivity index is 2.73. The number of nitrogens with one attached hydrogen (secondary N) is 1. The van der Waals surface area contributed by atoms with E-state index in [1.165, 1.54) is 26.2 Å². The second-order valence-electron chi connectivity index (χ2n) is 3.83. The Bertz CT molecular complexity index is 752. The molecule has 0 atom stereocenters. The molecule has 1 heterocycles. The number of aromatic amines is 1. The van der Waals surface area contributed by atoms with Gasteiger partial charge in [-0.15, -0.1) is 0 Å². The smallest absolute Gasteiger partial charge is 0.334 e. The summed E-state index contributed by atoms with van der Waals surface area (Å²) >= 11 is 5.69. The van der Waals surface area contributed by atoms with Crippen molar-refractivity contribution in [2.45, 2.75) is 6.92 Å². The van der Waals surface area contributed by atoms with Gasteiger partial charge in [0.15, 0.2) is 11.6 Å². The van der Waals surface area contributed by atoms with E-state index in [-0.39, 0.29) is 22.2 Å². The monoisotopic (exact) mass is 284 g/mol. The normalized spacial score (nSPS) is 10.5. The van der Waals surface area contributed by atoms with Crippen LogP contribution in [0.4, 0.5) is 4.39 Å². The van der Waals surface area contributed by atoms with Crippen molar-refractivity contribution < 1.29 is 9.13 Å². The van der Waals surface area contributed by atoms with E-state index in [2.05, 4.69) is 4.98 Å². The van der Waals surface area contributed by atoms with Crippen LogP contribution in [0.25, 0.3) is 5.69 Å². The zero-order chi connectivity index (χ0) is 14.2. The minimum absolute atomic E-state index is 0.0268. The number of halogens is 2. The minimum Gasteiger partial charge on any atom is -0.494 e. The molecule has 1 aromatic carbocycles. The molecule has 0 aliphatic heterocycles. The van der Waals surface area contributed by atoms with Crippen LogP contribution in [0.1, 0.15) is 5.56 Å². The van der Waals surface area contributed by atoms with Gasteiger partial charge < -0.3 is 4.74 Å². The van der Waals surface area contributed by atoms with Crippen LogP contribution in [-0.2, 0) is 0 Å². The number of ether oxygens (including phenoxy) is 1. The van der Waals surface area contributed by atoms with Crippen LogP contribution < -0.4 is 16.0 Å². The average Bonchev–Trinajstić information content (AvgIpc) is 2.36. The lowest BCUT2D eigenvalue weighted by molar-refractivity contribution is 0.386. The van der Waals surface area contributed by atoms with Gasteiger partial charge in [0, 0.05) is 6.07 Å². The van der Waals surface area contributed by atoms with Crippen LogP contribution >= 0.6 is 11.6 Å². The molecule has 0 saturated carbocycles. The van der Waals surface area contributed by atoms with Gasteiger partial charge in [0.05, 0.1) is 18.4 Å². The lowest BCUT2D eigenvalue weighted by Gasteiger charge is -2.08. The first-order valence-electron chi connectivity index (χ1n) is 5.31. The van der Waals surface area contributed by atoms with Gasteiger partial charge in [-0.2, -0.15) is 0 Å². The number of methoxy groups -OCH3 is 1. The summed E-state index contributed by atoms with van der Waals surface area (Å²) in [6, 6.07) is 3.79. The first kappa shape index (κ1) is 13.4. The number of benzene rings is 1. The van der Waals surface area contributed by atoms with Gasteiger partial charge in [-0.1, -0.05) is 11.6 Å². The largest absolute Gasteiger partial charge is 0.494 e. The number of hydrogen-bond acceptors (Lipinski definition) is 3. The molecule has 100 valence electrons. The minimum atomic E-state index is -0.731. The third-order valence-corrected chi connectivity index (χ3v) is 3.04. The molecule has 0 bridgehead atoms. The Hall–Kier alpha value is -2.08. The van der Waals surface area contributed by atoms with Crippen molar-refractivity contribution in [3.8, 4) is 11.4 Å². The second-order valence-corrected chi connectivity index (χ2v) is 4.21. The standard InChI is InChI=1S/C12H10ClFN2O3/c1-6-10(13)15-12(18)16(11(6)17)7-3-4-9(19-2)8(14)5-7/h3-5H,1-2H3,(H,15,18). The second kappa shape index (κ2) is 4.89. The summed E-state index contributed by atoms with van der Waals surface area (Å²) in [6.45, 7) is 1.47. The summed E-state index contributed by atoms with van der Waals surface area (Å²) in [4.78, 5) is 26.0. The summed E-state index contributed by atoms with van der Waals surface area (Å²) in [6.07, 6.45) is 0. The van der Waals surface area contributed by atoms with E-state index in [1.54, 1.807) is 0 Å². The third kappa shape index (κ3) is 2.26. The van der Waals surface area contributed by atoms with Crippen LogP contribution in [0.5, 0.6) is 5.75 Å². The first-order valence-corrected chi connectivity index (χ1v) is 5.69. The number of rotatable bonds is 2. The first-order chi connectivity index (χ1) is 8.95. The molecule has 0 unspecified atom stereocenters. The van der Waals surface area contributed by atoms with Crippen molar-refractivity contribution >= 4 is 11.6 Å². The molecule has 0 amide bonds. The molecule has 1 N–H and O–H groups in total. The Morgan fingerprint density at radius 1 is 1.37 bits per heavy atom. The highest BCUT2D eigenvalue weighted by Crippen LogP contribution is 2.18. The predicted molar refractivity (Wildman–Crippen MR) is 68.9 cm³/mol. The van der Waals surface area contributed by atoms with Gasteiger partial charge in [-0.3, -0.25) is 9.78 Å². The predicted octanol–water partition coefficient (Wildman–Crippen LogP) is 1.64. The number of aromatic nitrogens is 2. The highest BCUT2D eigenvalue weighted by atomic mass is 35.5. The maximum Gasteiger partial charge on any atom is 0.334 e. The molecule has 0 spiro atoms. The van der Waals surface area contributed by atoms with Gasteiger partial charge in [-0.25, -0.2) is 13.8 Å².